The van der Waals surface area contributed by atoms with Gasteiger partial charge in [-0.25, -0.2) is 0 Å². The van der Waals surface area contributed by atoms with Crippen LogP contribution in [0.2, 0.25) is 0 Å². The lowest BCUT2D eigenvalue weighted by Crippen LogP contribution is -2.28. The summed E-state index contributed by atoms with van der Waals surface area (Å²) in [5, 5.41) is 12.4. The van der Waals surface area contributed by atoms with Crippen LogP contribution in [0.5, 0.6) is 0 Å². The Labute approximate surface area is 113 Å². The molecule has 0 radical (unpaired) electrons. The third kappa shape index (κ3) is 2.67. The summed E-state index contributed by atoms with van der Waals surface area (Å²) in [6, 6.07) is 19.1. The van der Waals surface area contributed by atoms with Crippen LogP contribution in [0.15, 0.2) is 48.5 Å². The maximum Gasteiger partial charge on any atom is 0.0991 e. The van der Waals surface area contributed by atoms with Crippen LogP contribution in [0.1, 0.15) is 22.3 Å². The van der Waals surface area contributed by atoms with E-state index in [0.29, 0.717) is 6.04 Å². The summed E-state index contributed by atoms with van der Waals surface area (Å²) in [6.45, 7) is 0.865. The zero-order chi connectivity index (χ0) is 13.1. The molecule has 1 N–H and O–H groups in total. The predicted molar refractivity (Wildman–Crippen MR) is 75.6 cm³/mol. The van der Waals surface area contributed by atoms with Crippen LogP contribution in [0.3, 0.4) is 0 Å². The van der Waals surface area contributed by atoms with Crippen molar-refractivity contribution in [3.63, 3.8) is 0 Å². The number of nitriles is 1. The smallest absolute Gasteiger partial charge is 0.0991 e. The van der Waals surface area contributed by atoms with E-state index >= 15 is 0 Å². The van der Waals surface area contributed by atoms with Crippen LogP contribution in [-0.2, 0) is 19.4 Å². The summed E-state index contributed by atoms with van der Waals surface area (Å²) in [5.41, 5.74) is 4.90. The lowest BCUT2D eigenvalue weighted by atomic mass is 10.1. The van der Waals surface area contributed by atoms with E-state index in [1.165, 1.54) is 16.7 Å². The minimum Gasteiger partial charge on any atom is -0.309 e. The van der Waals surface area contributed by atoms with Crippen molar-refractivity contribution in [2.24, 2.45) is 0 Å². The Morgan fingerprint density at radius 2 is 1.63 bits per heavy atom. The number of nitrogens with one attached hydrogen (secondary N) is 1. The Hall–Kier alpha value is -2.11. The Balaban J connectivity index is 1.58. The zero-order valence-electron chi connectivity index (χ0n) is 10.8. The van der Waals surface area contributed by atoms with Gasteiger partial charge >= 0.3 is 0 Å². The molecule has 19 heavy (non-hydrogen) atoms. The van der Waals surface area contributed by atoms with E-state index < -0.39 is 0 Å². The average Bonchev–Trinajstić information content (AvgIpc) is 2.88. The van der Waals surface area contributed by atoms with Gasteiger partial charge in [-0.15, -0.1) is 0 Å². The normalized spacial score (nSPS) is 14.1. The van der Waals surface area contributed by atoms with Gasteiger partial charge < -0.3 is 5.32 Å². The second kappa shape index (κ2) is 5.26. The molecule has 2 aromatic rings. The fourth-order valence-electron chi connectivity index (χ4n) is 2.66. The van der Waals surface area contributed by atoms with Gasteiger partial charge in [0.05, 0.1) is 11.6 Å². The maximum absolute atomic E-state index is 8.77. The molecule has 2 aromatic carbocycles. The quantitative estimate of drug-likeness (QED) is 0.906. The van der Waals surface area contributed by atoms with Gasteiger partial charge in [-0.2, -0.15) is 5.26 Å². The van der Waals surface area contributed by atoms with Crippen molar-refractivity contribution in [3.05, 3.63) is 70.8 Å². The predicted octanol–water partition coefficient (Wildman–Crippen LogP) is 2.82. The third-order valence-corrected chi connectivity index (χ3v) is 3.73. The molecule has 1 aliphatic rings. The van der Waals surface area contributed by atoms with Crippen molar-refractivity contribution in [1.29, 1.82) is 5.26 Å². The average molecular weight is 248 g/mol. The highest BCUT2D eigenvalue weighted by molar-refractivity contribution is 5.34. The van der Waals surface area contributed by atoms with Gasteiger partial charge in [-0.05, 0) is 41.7 Å². The van der Waals surface area contributed by atoms with Gasteiger partial charge in [0.15, 0.2) is 0 Å². The molecule has 0 bridgehead atoms. The van der Waals surface area contributed by atoms with Gasteiger partial charge in [-0.1, -0.05) is 36.4 Å². The van der Waals surface area contributed by atoms with E-state index in [0.717, 1.165) is 24.9 Å². The second-order valence-corrected chi connectivity index (χ2v) is 5.06. The summed E-state index contributed by atoms with van der Waals surface area (Å²) in [6.07, 6.45) is 2.24. The molecule has 2 nitrogen and oxygen atoms in total. The van der Waals surface area contributed by atoms with E-state index in [-0.39, 0.29) is 0 Å². The summed E-state index contributed by atoms with van der Waals surface area (Å²) in [5.74, 6) is 0. The lowest BCUT2D eigenvalue weighted by molar-refractivity contribution is 0.533. The molecular formula is C17H16N2. The molecule has 0 amide bonds. The first-order chi connectivity index (χ1) is 9.35. The van der Waals surface area contributed by atoms with Crippen LogP contribution in [0, 0.1) is 11.3 Å². The molecule has 0 fully saturated rings. The summed E-state index contributed by atoms with van der Waals surface area (Å²) in [7, 11) is 0. The molecule has 0 aromatic heterocycles. The van der Waals surface area contributed by atoms with E-state index in [1.54, 1.807) is 0 Å². The Morgan fingerprint density at radius 3 is 2.21 bits per heavy atom. The fourth-order valence-corrected chi connectivity index (χ4v) is 2.66. The Kier molecular flexibility index (Phi) is 3.31. The number of hydrogen-bond donors (Lipinski definition) is 1. The molecule has 0 spiro atoms. The summed E-state index contributed by atoms with van der Waals surface area (Å²) < 4.78 is 0. The molecular weight excluding hydrogens is 232 g/mol. The first kappa shape index (κ1) is 12.0. The van der Waals surface area contributed by atoms with Crippen molar-refractivity contribution in [2.45, 2.75) is 25.4 Å². The molecule has 0 atom stereocenters. The third-order valence-electron chi connectivity index (χ3n) is 3.73. The first-order valence-corrected chi connectivity index (χ1v) is 6.64. The highest BCUT2D eigenvalue weighted by Crippen LogP contribution is 2.21. The largest absolute Gasteiger partial charge is 0.309 e. The highest BCUT2D eigenvalue weighted by atomic mass is 14.9. The molecule has 0 saturated carbocycles. The van der Waals surface area contributed by atoms with Crippen molar-refractivity contribution in [2.75, 3.05) is 0 Å². The van der Waals surface area contributed by atoms with Crippen molar-refractivity contribution >= 4 is 0 Å². The fraction of sp³-hybridized carbons (Fsp3) is 0.235. The minimum atomic E-state index is 0.535. The monoisotopic (exact) mass is 248 g/mol. The van der Waals surface area contributed by atoms with E-state index in [1.807, 2.05) is 24.3 Å². The van der Waals surface area contributed by atoms with Crippen molar-refractivity contribution in [1.82, 2.24) is 5.32 Å². The van der Waals surface area contributed by atoms with Crippen LogP contribution in [0.25, 0.3) is 0 Å². The van der Waals surface area contributed by atoms with Crippen LogP contribution in [0.4, 0.5) is 0 Å². The van der Waals surface area contributed by atoms with Crippen LogP contribution < -0.4 is 5.32 Å². The molecule has 0 aliphatic heterocycles. The Bertz CT molecular complexity index is 583. The first-order valence-electron chi connectivity index (χ1n) is 6.64. The molecule has 0 saturated heterocycles. The number of benzene rings is 2. The molecule has 3 rings (SSSR count). The number of fused-ring (bicyclic) bond motifs is 1. The Morgan fingerprint density at radius 1 is 1.00 bits per heavy atom. The van der Waals surface area contributed by atoms with Crippen LogP contribution in [-0.4, -0.2) is 6.04 Å². The second-order valence-electron chi connectivity index (χ2n) is 5.06. The number of rotatable bonds is 3. The minimum absolute atomic E-state index is 0.535. The molecule has 0 unspecified atom stereocenters. The zero-order valence-corrected chi connectivity index (χ0v) is 10.8. The molecule has 2 heteroatoms. The number of nitrogens with zero attached hydrogens (tertiary/aromatic N) is 1. The summed E-state index contributed by atoms with van der Waals surface area (Å²) in [4.78, 5) is 0. The van der Waals surface area contributed by atoms with Crippen LogP contribution >= 0.6 is 0 Å². The van der Waals surface area contributed by atoms with E-state index in [2.05, 4.69) is 35.7 Å². The summed E-state index contributed by atoms with van der Waals surface area (Å²) >= 11 is 0. The lowest BCUT2D eigenvalue weighted by Gasteiger charge is -2.11. The molecule has 94 valence electrons. The van der Waals surface area contributed by atoms with Gasteiger partial charge in [0.25, 0.3) is 0 Å². The SMILES string of the molecule is N#Cc1ccc(CNC2Cc3ccccc3C2)cc1. The molecule has 1 aliphatic carbocycles. The maximum atomic E-state index is 8.77. The standard InChI is InChI=1S/C17H16N2/c18-11-13-5-7-14(8-6-13)12-19-17-9-15-3-1-2-4-16(15)10-17/h1-8,17,19H,9-10,12H2. The molecule has 0 heterocycles. The number of hydrogen-bond acceptors (Lipinski definition) is 2. The van der Waals surface area contributed by atoms with Gasteiger partial charge in [0, 0.05) is 12.6 Å². The van der Waals surface area contributed by atoms with Gasteiger partial charge in [0.1, 0.15) is 0 Å². The van der Waals surface area contributed by atoms with Gasteiger partial charge in [0.2, 0.25) is 0 Å². The van der Waals surface area contributed by atoms with Crippen molar-refractivity contribution in [3.8, 4) is 6.07 Å². The highest BCUT2D eigenvalue weighted by Gasteiger charge is 2.19. The van der Waals surface area contributed by atoms with E-state index in [9.17, 15) is 0 Å². The van der Waals surface area contributed by atoms with Crippen molar-refractivity contribution < 1.29 is 0 Å². The van der Waals surface area contributed by atoms with E-state index in [4.69, 9.17) is 5.26 Å². The van der Waals surface area contributed by atoms with Gasteiger partial charge in [-0.3, -0.25) is 0 Å². The topological polar surface area (TPSA) is 35.8 Å².